The fourth-order valence-electron chi connectivity index (χ4n) is 2.82. The predicted octanol–water partition coefficient (Wildman–Crippen LogP) is 3.08. The average molecular weight is 246 g/mol. The van der Waals surface area contributed by atoms with E-state index in [-0.39, 0.29) is 5.60 Å². The van der Waals surface area contributed by atoms with Crippen molar-refractivity contribution in [2.24, 2.45) is 0 Å². The number of nitrogens with one attached hydrogen (secondary N) is 1. The molecule has 94 valence electrons. The molecule has 3 unspecified atom stereocenters. The monoisotopic (exact) mass is 245 g/mol. The fraction of sp³-hybridized carbons (Fsp3) is 1.00. The minimum atomic E-state index is 0.0826. The molecule has 1 heterocycles. The van der Waals surface area contributed by atoms with Crippen LogP contribution in [0.3, 0.4) is 0 Å². The van der Waals surface area contributed by atoms with Gasteiger partial charge in [0.05, 0.1) is 11.7 Å². The fourth-order valence-corrected chi connectivity index (χ4v) is 3.19. The van der Waals surface area contributed by atoms with Gasteiger partial charge in [0.2, 0.25) is 0 Å². The molecule has 1 saturated heterocycles. The van der Waals surface area contributed by atoms with Crippen LogP contribution < -0.4 is 5.32 Å². The largest absolute Gasteiger partial charge is 0.371 e. The first-order valence-electron chi connectivity index (χ1n) is 6.62. The lowest BCUT2D eigenvalue weighted by atomic mass is 9.95. The van der Waals surface area contributed by atoms with Crippen molar-refractivity contribution in [3.05, 3.63) is 0 Å². The van der Waals surface area contributed by atoms with Gasteiger partial charge in [0.1, 0.15) is 0 Å². The molecule has 16 heavy (non-hydrogen) atoms. The van der Waals surface area contributed by atoms with Crippen LogP contribution >= 0.6 is 11.6 Å². The van der Waals surface area contributed by atoms with Gasteiger partial charge in [0.15, 0.2) is 0 Å². The lowest BCUT2D eigenvalue weighted by Gasteiger charge is -2.29. The second kappa shape index (κ2) is 5.24. The Morgan fingerprint density at radius 1 is 1.25 bits per heavy atom. The van der Waals surface area contributed by atoms with Crippen molar-refractivity contribution in [1.82, 2.24) is 5.32 Å². The first kappa shape index (κ1) is 12.7. The average Bonchev–Trinajstić information content (AvgIpc) is 2.57. The number of alkyl halides is 1. The molecule has 2 rings (SSSR count). The minimum absolute atomic E-state index is 0.0826. The smallest absolute Gasteiger partial charge is 0.0707 e. The third-order valence-electron chi connectivity index (χ3n) is 3.84. The maximum absolute atomic E-state index is 6.32. The summed E-state index contributed by atoms with van der Waals surface area (Å²) in [6, 6.07) is 0.503. The summed E-state index contributed by atoms with van der Waals surface area (Å²) in [5.41, 5.74) is 0.0826. The van der Waals surface area contributed by atoms with Gasteiger partial charge in [0.25, 0.3) is 0 Å². The van der Waals surface area contributed by atoms with Crippen molar-refractivity contribution < 1.29 is 4.74 Å². The van der Waals surface area contributed by atoms with Crippen LogP contribution in [0.5, 0.6) is 0 Å². The van der Waals surface area contributed by atoms with Crippen molar-refractivity contribution in [1.29, 1.82) is 0 Å². The SMILES string of the molecule is CC1(C)CCC(CNC2CCCCC2Cl)O1. The number of hydrogen-bond donors (Lipinski definition) is 1. The minimum Gasteiger partial charge on any atom is -0.371 e. The molecule has 0 radical (unpaired) electrons. The van der Waals surface area contributed by atoms with Gasteiger partial charge in [0, 0.05) is 18.0 Å². The first-order chi connectivity index (χ1) is 7.57. The Bertz CT molecular complexity index is 232. The molecule has 1 N–H and O–H groups in total. The zero-order chi connectivity index (χ0) is 11.6. The second-order valence-corrected chi connectivity index (χ2v) is 6.41. The highest BCUT2D eigenvalue weighted by atomic mass is 35.5. The van der Waals surface area contributed by atoms with Crippen LogP contribution in [0.4, 0.5) is 0 Å². The van der Waals surface area contributed by atoms with Crippen molar-refractivity contribution in [3.63, 3.8) is 0 Å². The van der Waals surface area contributed by atoms with Crippen molar-refractivity contribution >= 4 is 11.6 Å². The Morgan fingerprint density at radius 3 is 2.62 bits per heavy atom. The molecule has 1 aliphatic heterocycles. The van der Waals surface area contributed by atoms with E-state index in [1.165, 1.54) is 32.1 Å². The summed E-state index contributed by atoms with van der Waals surface area (Å²) in [5.74, 6) is 0. The summed E-state index contributed by atoms with van der Waals surface area (Å²) >= 11 is 6.32. The van der Waals surface area contributed by atoms with Crippen molar-refractivity contribution in [2.75, 3.05) is 6.54 Å². The number of rotatable bonds is 3. The Kier molecular flexibility index (Phi) is 4.15. The Balaban J connectivity index is 1.71. The molecule has 2 fully saturated rings. The normalized spacial score (nSPS) is 38.8. The van der Waals surface area contributed by atoms with E-state index < -0.39 is 0 Å². The van der Waals surface area contributed by atoms with Crippen LogP contribution in [0.2, 0.25) is 0 Å². The molecular weight excluding hydrogens is 222 g/mol. The van der Waals surface area contributed by atoms with Crippen molar-refractivity contribution in [3.8, 4) is 0 Å². The van der Waals surface area contributed by atoms with E-state index in [9.17, 15) is 0 Å². The van der Waals surface area contributed by atoms with Gasteiger partial charge in [-0.05, 0) is 39.5 Å². The number of ether oxygens (including phenoxy) is 1. The van der Waals surface area contributed by atoms with E-state index in [4.69, 9.17) is 16.3 Å². The molecule has 0 aromatic rings. The lowest BCUT2D eigenvalue weighted by Crippen LogP contribution is -2.43. The summed E-state index contributed by atoms with van der Waals surface area (Å²) in [6.07, 6.45) is 7.74. The van der Waals surface area contributed by atoms with Crippen LogP contribution in [-0.2, 0) is 4.74 Å². The van der Waals surface area contributed by atoms with E-state index >= 15 is 0 Å². The third-order valence-corrected chi connectivity index (χ3v) is 4.37. The zero-order valence-electron chi connectivity index (χ0n) is 10.5. The second-order valence-electron chi connectivity index (χ2n) is 5.85. The molecule has 3 atom stereocenters. The zero-order valence-corrected chi connectivity index (χ0v) is 11.2. The Morgan fingerprint density at radius 2 is 2.00 bits per heavy atom. The molecule has 1 saturated carbocycles. The van der Waals surface area contributed by atoms with Crippen molar-refractivity contribution in [2.45, 2.75) is 75.5 Å². The number of halogens is 1. The van der Waals surface area contributed by atoms with Gasteiger partial charge in [-0.2, -0.15) is 0 Å². The lowest BCUT2D eigenvalue weighted by molar-refractivity contribution is -0.0154. The molecule has 0 spiro atoms. The maximum Gasteiger partial charge on any atom is 0.0707 e. The topological polar surface area (TPSA) is 21.3 Å². The van der Waals surface area contributed by atoms with Gasteiger partial charge in [-0.1, -0.05) is 12.8 Å². The summed E-state index contributed by atoms with van der Waals surface area (Å²) in [6.45, 7) is 5.33. The highest BCUT2D eigenvalue weighted by molar-refractivity contribution is 6.21. The van der Waals surface area contributed by atoms with E-state index in [0.717, 1.165) is 13.0 Å². The highest BCUT2D eigenvalue weighted by Gasteiger charge is 2.32. The Labute approximate surface area is 104 Å². The van der Waals surface area contributed by atoms with Gasteiger partial charge in [-0.15, -0.1) is 11.6 Å². The standard InChI is InChI=1S/C13H24ClNO/c1-13(2)8-7-10(16-13)9-15-12-6-4-3-5-11(12)14/h10-12,15H,3-9H2,1-2H3. The van der Waals surface area contributed by atoms with Gasteiger partial charge in [-0.25, -0.2) is 0 Å². The van der Waals surface area contributed by atoms with Crippen LogP contribution in [0.25, 0.3) is 0 Å². The predicted molar refractivity (Wildman–Crippen MR) is 68.1 cm³/mol. The third kappa shape index (κ3) is 3.35. The molecule has 3 heteroatoms. The summed E-state index contributed by atoms with van der Waals surface area (Å²) in [7, 11) is 0. The first-order valence-corrected chi connectivity index (χ1v) is 7.06. The summed E-state index contributed by atoms with van der Waals surface area (Å²) in [4.78, 5) is 0. The molecule has 0 bridgehead atoms. The van der Waals surface area contributed by atoms with E-state index in [1.54, 1.807) is 0 Å². The summed E-state index contributed by atoms with van der Waals surface area (Å²) in [5, 5.41) is 3.92. The van der Waals surface area contributed by atoms with E-state index in [2.05, 4.69) is 19.2 Å². The van der Waals surface area contributed by atoms with E-state index in [0.29, 0.717) is 17.5 Å². The molecule has 2 aliphatic rings. The highest BCUT2D eigenvalue weighted by Crippen LogP contribution is 2.29. The quantitative estimate of drug-likeness (QED) is 0.772. The molecular formula is C13H24ClNO. The maximum atomic E-state index is 6.32. The molecule has 0 aromatic heterocycles. The van der Waals surface area contributed by atoms with Crippen LogP contribution in [0.15, 0.2) is 0 Å². The molecule has 1 aliphatic carbocycles. The van der Waals surface area contributed by atoms with Gasteiger partial charge in [-0.3, -0.25) is 0 Å². The molecule has 0 aromatic carbocycles. The number of hydrogen-bond acceptors (Lipinski definition) is 2. The Hall–Kier alpha value is 0.210. The summed E-state index contributed by atoms with van der Waals surface area (Å²) < 4.78 is 5.97. The van der Waals surface area contributed by atoms with Crippen LogP contribution in [-0.4, -0.2) is 29.7 Å². The van der Waals surface area contributed by atoms with Gasteiger partial charge < -0.3 is 10.1 Å². The van der Waals surface area contributed by atoms with Crippen LogP contribution in [0.1, 0.15) is 52.4 Å². The molecule has 0 amide bonds. The van der Waals surface area contributed by atoms with E-state index in [1.807, 2.05) is 0 Å². The molecule has 2 nitrogen and oxygen atoms in total. The van der Waals surface area contributed by atoms with Gasteiger partial charge >= 0.3 is 0 Å². The van der Waals surface area contributed by atoms with Crippen LogP contribution in [0, 0.1) is 0 Å².